The van der Waals surface area contributed by atoms with Crippen LogP contribution in [0.3, 0.4) is 0 Å². The van der Waals surface area contributed by atoms with Crippen molar-refractivity contribution in [1.29, 1.82) is 0 Å². The summed E-state index contributed by atoms with van der Waals surface area (Å²) in [5.41, 5.74) is 0.217. The van der Waals surface area contributed by atoms with Crippen molar-refractivity contribution in [2.24, 2.45) is 0 Å². The molecule has 0 aliphatic heterocycles. The molecule has 0 heterocycles. The molecule has 0 fully saturated rings. The summed E-state index contributed by atoms with van der Waals surface area (Å²) in [4.78, 5) is -0.0737. The third-order valence-electron chi connectivity index (χ3n) is 2.32. The first-order valence-corrected chi connectivity index (χ1v) is 8.25. The SMILES string of the molecule is O=S(=O)(Nc1ccc(F)c(Br)c1)c1cc(Cl)cc(Cl)c1. The lowest BCUT2D eigenvalue weighted by molar-refractivity contribution is 0.601. The summed E-state index contributed by atoms with van der Waals surface area (Å²) in [5, 5.41) is 0.413. The lowest BCUT2D eigenvalue weighted by Gasteiger charge is -2.09. The molecule has 3 nitrogen and oxygen atoms in total. The molecule has 0 aliphatic carbocycles. The van der Waals surface area contributed by atoms with Gasteiger partial charge in [0.2, 0.25) is 0 Å². The van der Waals surface area contributed by atoms with Crippen LogP contribution < -0.4 is 4.72 Å². The van der Waals surface area contributed by atoms with E-state index >= 15 is 0 Å². The summed E-state index contributed by atoms with van der Waals surface area (Å²) in [6.07, 6.45) is 0. The first-order valence-electron chi connectivity index (χ1n) is 5.22. The summed E-state index contributed by atoms with van der Waals surface area (Å²) in [6.45, 7) is 0. The molecule has 1 N–H and O–H groups in total. The van der Waals surface area contributed by atoms with Crippen LogP contribution in [0.25, 0.3) is 0 Å². The maximum absolute atomic E-state index is 13.1. The minimum atomic E-state index is -3.85. The zero-order valence-corrected chi connectivity index (χ0v) is 13.6. The largest absolute Gasteiger partial charge is 0.280 e. The zero-order chi connectivity index (χ0) is 14.9. The van der Waals surface area contributed by atoms with Gasteiger partial charge in [-0.15, -0.1) is 0 Å². The highest BCUT2D eigenvalue weighted by atomic mass is 79.9. The van der Waals surface area contributed by atoms with E-state index < -0.39 is 15.8 Å². The molecule has 0 saturated carbocycles. The molecule has 2 aromatic rings. The fourth-order valence-electron chi connectivity index (χ4n) is 1.46. The second-order valence-corrected chi connectivity index (χ2v) is 7.25. The molecule has 0 amide bonds. The Balaban J connectivity index is 2.37. The third-order valence-corrected chi connectivity index (χ3v) is 4.72. The maximum Gasteiger partial charge on any atom is 0.261 e. The van der Waals surface area contributed by atoms with Crippen LogP contribution in [-0.2, 0) is 10.0 Å². The summed E-state index contributed by atoms with van der Waals surface area (Å²) >= 11 is 14.5. The number of nitrogens with one attached hydrogen (secondary N) is 1. The topological polar surface area (TPSA) is 46.2 Å². The van der Waals surface area contributed by atoms with Gasteiger partial charge in [0.05, 0.1) is 15.1 Å². The van der Waals surface area contributed by atoms with Crippen LogP contribution >= 0.6 is 39.1 Å². The molecule has 0 spiro atoms. The Hall–Kier alpha value is -0.820. The number of hydrogen-bond acceptors (Lipinski definition) is 2. The van der Waals surface area contributed by atoms with Crippen LogP contribution in [0.1, 0.15) is 0 Å². The van der Waals surface area contributed by atoms with Gasteiger partial charge in [0.15, 0.2) is 0 Å². The Labute approximate surface area is 133 Å². The number of rotatable bonds is 3. The standard InChI is InChI=1S/C12H7BrCl2FNO2S/c13-11-6-9(1-2-12(11)16)17-20(18,19)10-4-7(14)3-8(15)5-10/h1-6,17H. The Kier molecular flexibility index (Phi) is 4.59. The van der Waals surface area contributed by atoms with E-state index in [0.29, 0.717) is 0 Å². The number of benzene rings is 2. The molecule has 0 radical (unpaired) electrons. The van der Waals surface area contributed by atoms with Gasteiger partial charge in [-0.1, -0.05) is 23.2 Å². The number of sulfonamides is 1. The first-order chi connectivity index (χ1) is 9.28. The number of anilines is 1. The summed E-state index contributed by atoms with van der Waals surface area (Å²) in [6, 6.07) is 7.75. The van der Waals surface area contributed by atoms with E-state index in [1.54, 1.807) is 0 Å². The van der Waals surface area contributed by atoms with E-state index in [-0.39, 0.29) is 25.1 Å². The van der Waals surface area contributed by atoms with Gasteiger partial charge in [-0.3, -0.25) is 4.72 Å². The van der Waals surface area contributed by atoms with E-state index in [0.717, 1.165) is 6.07 Å². The van der Waals surface area contributed by atoms with Crippen molar-refractivity contribution in [1.82, 2.24) is 0 Å². The normalized spacial score (nSPS) is 11.4. The van der Waals surface area contributed by atoms with Crippen molar-refractivity contribution < 1.29 is 12.8 Å². The van der Waals surface area contributed by atoms with Gasteiger partial charge in [0.1, 0.15) is 5.82 Å². The van der Waals surface area contributed by atoms with Crippen LogP contribution in [0.15, 0.2) is 45.8 Å². The quantitative estimate of drug-likeness (QED) is 0.814. The molecule has 2 aromatic carbocycles. The Morgan fingerprint density at radius 3 is 2.20 bits per heavy atom. The van der Waals surface area contributed by atoms with Crippen molar-refractivity contribution in [3.63, 3.8) is 0 Å². The minimum Gasteiger partial charge on any atom is -0.280 e. The third kappa shape index (κ3) is 3.63. The van der Waals surface area contributed by atoms with Crippen LogP contribution in [0.4, 0.5) is 10.1 Å². The van der Waals surface area contributed by atoms with Gasteiger partial charge < -0.3 is 0 Å². The van der Waals surface area contributed by atoms with Crippen molar-refractivity contribution in [2.45, 2.75) is 4.90 Å². The van der Waals surface area contributed by atoms with Crippen molar-refractivity contribution in [3.05, 3.63) is 56.7 Å². The second-order valence-electron chi connectivity index (χ2n) is 3.84. The Morgan fingerprint density at radius 2 is 1.65 bits per heavy atom. The zero-order valence-electron chi connectivity index (χ0n) is 9.70. The Bertz CT molecular complexity index is 748. The molecule has 0 bridgehead atoms. The van der Waals surface area contributed by atoms with Crippen LogP contribution in [0.5, 0.6) is 0 Å². The molecule has 0 aromatic heterocycles. The monoisotopic (exact) mass is 397 g/mol. The molecule has 0 atom stereocenters. The van der Waals surface area contributed by atoms with Crippen molar-refractivity contribution in [3.8, 4) is 0 Å². The van der Waals surface area contributed by atoms with E-state index in [2.05, 4.69) is 20.7 Å². The number of hydrogen-bond donors (Lipinski definition) is 1. The van der Waals surface area contributed by atoms with Crippen LogP contribution in [0, 0.1) is 5.82 Å². The molecule has 20 heavy (non-hydrogen) atoms. The summed E-state index contributed by atoms with van der Waals surface area (Å²) in [7, 11) is -3.85. The first kappa shape index (κ1) is 15.6. The van der Waals surface area contributed by atoms with Gasteiger partial charge >= 0.3 is 0 Å². The summed E-state index contributed by atoms with van der Waals surface area (Å²) < 4.78 is 39.9. The molecule has 0 unspecified atom stereocenters. The van der Waals surface area contributed by atoms with Crippen molar-refractivity contribution >= 4 is 54.8 Å². The Morgan fingerprint density at radius 1 is 1.05 bits per heavy atom. The van der Waals surface area contributed by atoms with Crippen LogP contribution in [0.2, 0.25) is 10.0 Å². The van der Waals surface area contributed by atoms with Gasteiger partial charge in [0.25, 0.3) is 10.0 Å². The fraction of sp³-hybridized carbons (Fsp3) is 0. The van der Waals surface area contributed by atoms with Gasteiger partial charge in [-0.25, -0.2) is 12.8 Å². The molecule has 2 rings (SSSR count). The van der Waals surface area contributed by atoms with Gasteiger partial charge in [0, 0.05) is 10.0 Å². The molecule has 0 aliphatic rings. The summed E-state index contributed by atoms with van der Waals surface area (Å²) in [5.74, 6) is -0.487. The fourth-order valence-corrected chi connectivity index (χ4v) is 3.61. The van der Waals surface area contributed by atoms with E-state index in [1.165, 1.54) is 30.3 Å². The maximum atomic E-state index is 13.1. The average molecular weight is 399 g/mol. The lowest BCUT2D eigenvalue weighted by Crippen LogP contribution is -2.13. The van der Waals surface area contributed by atoms with Gasteiger partial charge in [-0.2, -0.15) is 0 Å². The smallest absolute Gasteiger partial charge is 0.261 e. The second kappa shape index (κ2) is 5.89. The highest BCUT2D eigenvalue weighted by Gasteiger charge is 2.16. The average Bonchev–Trinajstić information content (AvgIpc) is 2.32. The molecular weight excluding hydrogens is 392 g/mol. The molecule has 106 valence electrons. The van der Waals surface area contributed by atoms with Crippen LogP contribution in [-0.4, -0.2) is 8.42 Å². The molecule has 8 heteroatoms. The lowest BCUT2D eigenvalue weighted by atomic mass is 10.3. The van der Waals surface area contributed by atoms with E-state index in [9.17, 15) is 12.8 Å². The van der Waals surface area contributed by atoms with Crippen molar-refractivity contribution in [2.75, 3.05) is 4.72 Å². The predicted octanol–water partition coefficient (Wildman–Crippen LogP) is 4.70. The highest BCUT2D eigenvalue weighted by Crippen LogP contribution is 2.26. The predicted molar refractivity (Wildman–Crippen MR) is 81.4 cm³/mol. The molecule has 0 saturated heterocycles. The minimum absolute atomic E-state index is 0.0737. The van der Waals surface area contributed by atoms with Gasteiger partial charge in [-0.05, 0) is 52.3 Å². The molecular formula is C12H7BrCl2FNO2S. The number of halogens is 4. The highest BCUT2D eigenvalue weighted by molar-refractivity contribution is 9.10. The van der Waals surface area contributed by atoms with E-state index in [1.807, 2.05) is 0 Å². The van der Waals surface area contributed by atoms with E-state index in [4.69, 9.17) is 23.2 Å².